The first kappa shape index (κ1) is 17.2. The lowest BCUT2D eigenvalue weighted by atomic mass is 10.1. The molecule has 0 fully saturated rings. The molecule has 1 aromatic carbocycles. The number of hydrogen-bond donors (Lipinski definition) is 1. The van der Waals surface area contributed by atoms with Crippen LogP contribution in [0.3, 0.4) is 0 Å². The monoisotopic (exact) mass is 357 g/mol. The molecule has 0 saturated carbocycles. The summed E-state index contributed by atoms with van der Waals surface area (Å²) in [5.41, 5.74) is 2.63. The van der Waals surface area contributed by atoms with Gasteiger partial charge in [0, 0.05) is 10.4 Å². The first-order chi connectivity index (χ1) is 12.0. The van der Waals surface area contributed by atoms with Crippen molar-refractivity contribution in [2.75, 3.05) is 18.5 Å². The molecule has 2 aromatic rings. The Morgan fingerprint density at radius 3 is 2.80 bits per heavy atom. The summed E-state index contributed by atoms with van der Waals surface area (Å²) in [6.07, 6.45) is 1.81. The van der Waals surface area contributed by atoms with Crippen LogP contribution in [0.15, 0.2) is 29.8 Å². The molecule has 1 N–H and O–H groups in total. The molecule has 0 radical (unpaired) electrons. The van der Waals surface area contributed by atoms with Crippen molar-refractivity contribution >= 4 is 34.3 Å². The van der Waals surface area contributed by atoms with Crippen LogP contribution < -0.4 is 10.1 Å². The quantitative estimate of drug-likeness (QED) is 0.842. The van der Waals surface area contributed by atoms with E-state index in [1.54, 1.807) is 6.92 Å². The van der Waals surface area contributed by atoms with Crippen molar-refractivity contribution in [3.8, 4) is 5.75 Å². The second-order valence-corrected chi connectivity index (χ2v) is 6.88. The molecule has 5 nitrogen and oxygen atoms in total. The number of amides is 1. The average Bonchev–Trinajstić information content (AvgIpc) is 2.88. The third-order valence-electron chi connectivity index (χ3n) is 4.02. The smallest absolute Gasteiger partial charge is 0.341 e. The van der Waals surface area contributed by atoms with Crippen LogP contribution in [0.4, 0.5) is 5.00 Å². The van der Waals surface area contributed by atoms with Gasteiger partial charge in [0.25, 0.3) is 5.91 Å². The van der Waals surface area contributed by atoms with E-state index in [2.05, 4.69) is 5.32 Å². The van der Waals surface area contributed by atoms with Gasteiger partial charge in [-0.15, -0.1) is 11.3 Å². The zero-order chi connectivity index (χ0) is 18.0. The molecule has 0 bridgehead atoms. The molecule has 0 atom stereocenters. The lowest BCUT2D eigenvalue weighted by Crippen LogP contribution is -2.22. The summed E-state index contributed by atoms with van der Waals surface area (Å²) >= 11 is 1.37. The number of benzene rings is 1. The van der Waals surface area contributed by atoms with E-state index in [4.69, 9.17) is 9.47 Å². The molecular formula is C19H19NO4S. The highest BCUT2D eigenvalue weighted by atomic mass is 32.1. The van der Waals surface area contributed by atoms with E-state index in [-0.39, 0.29) is 19.1 Å². The lowest BCUT2D eigenvalue weighted by Gasteiger charge is -2.17. The van der Waals surface area contributed by atoms with E-state index >= 15 is 0 Å². The van der Waals surface area contributed by atoms with E-state index in [1.165, 1.54) is 11.3 Å². The summed E-state index contributed by atoms with van der Waals surface area (Å²) in [4.78, 5) is 25.8. The van der Waals surface area contributed by atoms with Gasteiger partial charge in [0.1, 0.15) is 17.4 Å². The number of carbonyl (C=O) groups is 2. The number of aryl methyl sites for hydroxylation is 1. The molecule has 1 aromatic heterocycles. The van der Waals surface area contributed by atoms with Gasteiger partial charge < -0.3 is 14.8 Å². The van der Waals surface area contributed by atoms with Gasteiger partial charge in [0.2, 0.25) is 0 Å². The highest BCUT2D eigenvalue weighted by Gasteiger charge is 2.24. The first-order valence-electron chi connectivity index (χ1n) is 8.02. The topological polar surface area (TPSA) is 64.6 Å². The molecule has 1 amide bonds. The Kier molecular flexibility index (Phi) is 4.90. The summed E-state index contributed by atoms with van der Waals surface area (Å²) in [7, 11) is 0. The molecule has 3 rings (SSSR count). The molecule has 0 aliphatic carbocycles. The summed E-state index contributed by atoms with van der Waals surface area (Å²) in [6, 6.07) is 7.54. The van der Waals surface area contributed by atoms with E-state index in [0.717, 1.165) is 21.8 Å². The zero-order valence-corrected chi connectivity index (χ0v) is 15.2. The Hall–Kier alpha value is -2.60. The van der Waals surface area contributed by atoms with Crippen molar-refractivity contribution in [3.63, 3.8) is 0 Å². The number of hydrogen-bond acceptors (Lipinski definition) is 5. The number of carbonyl (C=O) groups excluding carboxylic acids is 2. The number of rotatable bonds is 4. The van der Waals surface area contributed by atoms with E-state index in [1.807, 2.05) is 44.2 Å². The maximum atomic E-state index is 12.6. The highest BCUT2D eigenvalue weighted by Crippen LogP contribution is 2.34. The number of para-hydroxylation sites is 1. The van der Waals surface area contributed by atoms with Crippen LogP contribution in [0.1, 0.15) is 33.3 Å². The second kappa shape index (κ2) is 7.11. The molecular weight excluding hydrogens is 338 g/mol. The van der Waals surface area contributed by atoms with Gasteiger partial charge in [0.05, 0.1) is 17.7 Å². The van der Waals surface area contributed by atoms with Gasteiger partial charge in [-0.1, -0.05) is 18.2 Å². The van der Waals surface area contributed by atoms with Gasteiger partial charge in [-0.3, -0.25) is 4.79 Å². The van der Waals surface area contributed by atoms with Gasteiger partial charge in [-0.05, 0) is 38.5 Å². The summed E-state index contributed by atoms with van der Waals surface area (Å²) in [5.74, 6) is 0.0641. The molecule has 1 aliphatic heterocycles. The minimum Gasteiger partial charge on any atom is -0.488 e. The summed E-state index contributed by atoms with van der Waals surface area (Å²) < 4.78 is 10.7. The van der Waals surface area contributed by atoms with Crippen molar-refractivity contribution in [1.29, 1.82) is 0 Å². The Morgan fingerprint density at radius 1 is 1.28 bits per heavy atom. The normalized spacial score (nSPS) is 12.7. The number of ether oxygens (including phenoxy) is 2. The predicted octanol–water partition coefficient (Wildman–Crippen LogP) is 3.96. The van der Waals surface area contributed by atoms with Gasteiger partial charge in [0.15, 0.2) is 0 Å². The predicted molar refractivity (Wildman–Crippen MR) is 98.3 cm³/mol. The number of anilines is 1. The lowest BCUT2D eigenvalue weighted by molar-refractivity contribution is -0.113. The molecule has 0 spiro atoms. The molecule has 130 valence electrons. The summed E-state index contributed by atoms with van der Waals surface area (Å²) in [6.45, 7) is 6.01. The Morgan fingerprint density at radius 2 is 2.04 bits per heavy atom. The van der Waals surface area contributed by atoms with Crippen molar-refractivity contribution in [2.24, 2.45) is 0 Å². The Balaban J connectivity index is 1.86. The molecule has 0 unspecified atom stereocenters. The molecule has 1 aliphatic rings. The van der Waals surface area contributed by atoms with Gasteiger partial charge in [-0.25, -0.2) is 4.79 Å². The Bertz CT molecular complexity index is 866. The van der Waals surface area contributed by atoms with Crippen molar-refractivity contribution in [3.05, 3.63) is 51.4 Å². The van der Waals surface area contributed by atoms with E-state index in [0.29, 0.717) is 16.1 Å². The first-order valence-corrected chi connectivity index (χ1v) is 8.83. The second-order valence-electron chi connectivity index (χ2n) is 5.66. The number of nitrogens with one attached hydrogen (secondary N) is 1. The minimum atomic E-state index is -0.418. The third kappa shape index (κ3) is 3.44. The molecule has 0 saturated heterocycles. The number of thiophene rings is 1. The Labute approximate surface area is 150 Å². The van der Waals surface area contributed by atoms with E-state index in [9.17, 15) is 9.59 Å². The zero-order valence-electron chi connectivity index (χ0n) is 14.3. The number of esters is 1. The van der Waals surface area contributed by atoms with Crippen LogP contribution in [0.2, 0.25) is 0 Å². The van der Waals surface area contributed by atoms with Gasteiger partial charge in [-0.2, -0.15) is 0 Å². The van der Waals surface area contributed by atoms with Crippen LogP contribution in [-0.2, 0) is 9.53 Å². The highest BCUT2D eigenvalue weighted by molar-refractivity contribution is 7.16. The van der Waals surface area contributed by atoms with Crippen LogP contribution in [0.5, 0.6) is 5.75 Å². The molecule has 6 heteroatoms. The maximum Gasteiger partial charge on any atom is 0.341 e. The third-order valence-corrected chi connectivity index (χ3v) is 5.14. The minimum absolute atomic E-state index is 0.195. The molecule has 2 heterocycles. The standard InChI is InChI=1S/C19H19NO4S/c1-4-23-19(22)16-11(2)12(3)25-18(16)20-17(21)14-9-13-7-5-6-8-15(13)24-10-14/h5-9H,4,10H2,1-3H3,(H,20,21). The summed E-state index contributed by atoms with van der Waals surface area (Å²) in [5, 5.41) is 3.35. The van der Waals surface area contributed by atoms with Crippen LogP contribution in [0, 0.1) is 13.8 Å². The number of fused-ring (bicyclic) bond motifs is 1. The average molecular weight is 357 g/mol. The van der Waals surface area contributed by atoms with Crippen LogP contribution in [0.25, 0.3) is 6.08 Å². The fourth-order valence-corrected chi connectivity index (χ4v) is 3.64. The largest absolute Gasteiger partial charge is 0.488 e. The molecule has 25 heavy (non-hydrogen) atoms. The van der Waals surface area contributed by atoms with Crippen molar-refractivity contribution in [2.45, 2.75) is 20.8 Å². The SMILES string of the molecule is CCOC(=O)c1c(NC(=O)C2=Cc3ccccc3OC2)sc(C)c1C. The van der Waals surface area contributed by atoms with Crippen LogP contribution in [-0.4, -0.2) is 25.1 Å². The van der Waals surface area contributed by atoms with Crippen molar-refractivity contribution < 1.29 is 19.1 Å². The van der Waals surface area contributed by atoms with Gasteiger partial charge >= 0.3 is 5.97 Å². The van der Waals surface area contributed by atoms with E-state index < -0.39 is 5.97 Å². The maximum absolute atomic E-state index is 12.6. The fourth-order valence-electron chi connectivity index (χ4n) is 2.59. The van der Waals surface area contributed by atoms with Crippen LogP contribution >= 0.6 is 11.3 Å². The fraction of sp³-hybridized carbons (Fsp3) is 0.263. The van der Waals surface area contributed by atoms with Crippen molar-refractivity contribution in [1.82, 2.24) is 0 Å².